The second-order valence-electron chi connectivity index (χ2n) is 4.50. The second kappa shape index (κ2) is 4.76. The number of anilines is 2. The van der Waals surface area contributed by atoms with Crippen LogP contribution in [0.2, 0.25) is 0 Å². The summed E-state index contributed by atoms with van der Waals surface area (Å²) in [5.41, 5.74) is 10.9. The van der Waals surface area contributed by atoms with Gasteiger partial charge in [0.2, 0.25) is 11.8 Å². The first kappa shape index (κ1) is 14.3. The van der Waals surface area contributed by atoms with Gasteiger partial charge in [-0.3, -0.25) is 14.1 Å². The third-order valence-electron chi connectivity index (χ3n) is 3.11. The summed E-state index contributed by atoms with van der Waals surface area (Å²) in [6.45, 7) is 0.124. The molecule has 1 unspecified atom stereocenters. The molecule has 0 radical (unpaired) electrons. The van der Waals surface area contributed by atoms with Crippen LogP contribution in [0.5, 0.6) is 0 Å². The lowest BCUT2D eigenvalue weighted by molar-refractivity contribution is -0.123. The van der Waals surface area contributed by atoms with Crippen LogP contribution < -0.4 is 16.4 Å². The summed E-state index contributed by atoms with van der Waals surface area (Å²) in [5.74, 6) is -1.44. The zero-order chi connectivity index (χ0) is 15.1. The molecule has 1 atom stereocenters. The number of carbonyl (C=O) groups excluding carboxylic acids is 2. The topological polar surface area (TPSA) is 144 Å². The van der Waals surface area contributed by atoms with E-state index in [4.69, 9.17) is 16.0 Å². The molecule has 1 heterocycles. The molecule has 1 aliphatic rings. The number of nitrogen functional groups attached to an aromatic ring is 1. The van der Waals surface area contributed by atoms with Gasteiger partial charge in [-0.15, -0.1) is 0 Å². The van der Waals surface area contributed by atoms with Crippen LogP contribution >= 0.6 is 0 Å². The van der Waals surface area contributed by atoms with Crippen LogP contribution in [0.3, 0.4) is 0 Å². The largest absolute Gasteiger partial charge is 0.398 e. The molecule has 1 saturated heterocycles. The van der Waals surface area contributed by atoms with Crippen molar-refractivity contribution < 1.29 is 22.6 Å². The first-order valence-corrected chi connectivity index (χ1v) is 7.11. The van der Waals surface area contributed by atoms with Gasteiger partial charge < -0.3 is 16.4 Å². The number of primary amides is 1. The van der Waals surface area contributed by atoms with Crippen molar-refractivity contribution >= 4 is 33.3 Å². The molecular formula is C11H13N3O5S. The van der Waals surface area contributed by atoms with Crippen molar-refractivity contribution in [3.05, 3.63) is 18.2 Å². The van der Waals surface area contributed by atoms with Crippen LogP contribution in [0.25, 0.3) is 0 Å². The number of amides is 2. The fraction of sp³-hybridized carbons (Fsp3) is 0.273. The van der Waals surface area contributed by atoms with Crippen LogP contribution in [0.15, 0.2) is 23.1 Å². The van der Waals surface area contributed by atoms with Crippen LogP contribution in [0, 0.1) is 5.92 Å². The Hall–Kier alpha value is -2.13. The first-order chi connectivity index (χ1) is 9.20. The molecule has 5 N–H and O–H groups in total. The van der Waals surface area contributed by atoms with Crippen molar-refractivity contribution in [1.29, 1.82) is 0 Å². The maximum absolute atomic E-state index is 11.8. The van der Waals surface area contributed by atoms with E-state index in [0.29, 0.717) is 5.69 Å². The Kier molecular flexibility index (Phi) is 3.40. The standard InChI is InChI=1S/C11H13N3O5S/c12-8-4-7(1-2-9(8)20(17,18)19)14-5-6(11(13)16)3-10(14)15/h1-2,4,6H,3,5,12H2,(H2,13,16)(H,17,18,19). The Bertz CT molecular complexity index is 685. The van der Waals surface area contributed by atoms with Gasteiger partial charge in [-0.05, 0) is 18.2 Å². The number of rotatable bonds is 3. The maximum Gasteiger partial charge on any atom is 0.296 e. The molecule has 0 spiro atoms. The lowest BCUT2D eigenvalue weighted by Crippen LogP contribution is -2.28. The molecule has 2 rings (SSSR count). The highest BCUT2D eigenvalue weighted by molar-refractivity contribution is 7.86. The smallest absolute Gasteiger partial charge is 0.296 e. The predicted molar refractivity (Wildman–Crippen MR) is 70.3 cm³/mol. The van der Waals surface area contributed by atoms with Gasteiger partial charge in [-0.25, -0.2) is 0 Å². The van der Waals surface area contributed by atoms with Crippen molar-refractivity contribution in [2.45, 2.75) is 11.3 Å². The fourth-order valence-electron chi connectivity index (χ4n) is 2.09. The maximum atomic E-state index is 11.8. The van der Waals surface area contributed by atoms with E-state index in [9.17, 15) is 18.0 Å². The monoisotopic (exact) mass is 299 g/mol. The highest BCUT2D eigenvalue weighted by Gasteiger charge is 2.34. The Labute approximate surface area is 115 Å². The highest BCUT2D eigenvalue weighted by Crippen LogP contribution is 2.29. The number of carbonyl (C=O) groups is 2. The summed E-state index contributed by atoms with van der Waals surface area (Å²) in [5, 5.41) is 0. The quantitative estimate of drug-likeness (QED) is 0.500. The minimum Gasteiger partial charge on any atom is -0.398 e. The summed E-state index contributed by atoms with van der Waals surface area (Å²) in [6.07, 6.45) is 0.00921. The SMILES string of the molecule is NC(=O)C1CC(=O)N(c2ccc(S(=O)(=O)O)c(N)c2)C1. The predicted octanol–water partition coefficient (Wildman–Crippen LogP) is -0.646. The van der Waals surface area contributed by atoms with Crippen LogP contribution in [-0.4, -0.2) is 31.3 Å². The molecule has 1 aromatic carbocycles. The average Bonchev–Trinajstić information content (AvgIpc) is 2.69. The molecular weight excluding hydrogens is 286 g/mol. The third kappa shape index (κ3) is 2.58. The molecule has 1 aromatic rings. The van der Waals surface area contributed by atoms with E-state index in [1.54, 1.807) is 0 Å². The van der Waals surface area contributed by atoms with Crippen LogP contribution in [0.1, 0.15) is 6.42 Å². The van der Waals surface area contributed by atoms with Crippen molar-refractivity contribution in [2.24, 2.45) is 11.7 Å². The molecule has 0 bridgehead atoms. The van der Waals surface area contributed by atoms with E-state index in [1.165, 1.54) is 17.0 Å². The molecule has 0 aromatic heterocycles. The zero-order valence-corrected chi connectivity index (χ0v) is 11.1. The van der Waals surface area contributed by atoms with Gasteiger partial charge in [0.1, 0.15) is 4.90 Å². The normalized spacial score (nSPS) is 19.4. The van der Waals surface area contributed by atoms with E-state index in [-0.39, 0.29) is 24.6 Å². The highest BCUT2D eigenvalue weighted by atomic mass is 32.2. The molecule has 108 valence electrons. The summed E-state index contributed by atoms with van der Waals surface area (Å²) >= 11 is 0. The lowest BCUT2D eigenvalue weighted by atomic mass is 10.1. The Balaban J connectivity index is 2.34. The minimum atomic E-state index is -4.41. The molecule has 0 aliphatic carbocycles. The first-order valence-electron chi connectivity index (χ1n) is 5.67. The molecule has 0 saturated carbocycles. The Morgan fingerprint density at radius 2 is 2.05 bits per heavy atom. The van der Waals surface area contributed by atoms with Gasteiger partial charge >= 0.3 is 0 Å². The van der Waals surface area contributed by atoms with Gasteiger partial charge in [0, 0.05) is 18.7 Å². The fourth-order valence-corrected chi connectivity index (χ4v) is 2.68. The van der Waals surface area contributed by atoms with E-state index in [0.717, 1.165) is 6.07 Å². The van der Waals surface area contributed by atoms with E-state index < -0.39 is 26.8 Å². The van der Waals surface area contributed by atoms with E-state index >= 15 is 0 Å². The van der Waals surface area contributed by atoms with Crippen LogP contribution in [-0.2, 0) is 19.7 Å². The van der Waals surface area contributed by atoms with Crippen molar-refractivity contribution in [2.75, 3.05) is 17.2 Å². The van der Waals surface area contributed by atoms with Gasteiger partial charge in [0.25, 0.3) is 10.1 Å². The second-order valence-corrected chi connectivity index (χ2v) is 5.89. The average molecular weight is 299 g/mol. The molecule has 9 heteroatoms. The summed E-state index contributed by atoms with van der Waals surface area (Å²) in [4.78, 5) is 23.7. The molecule has 1 fully saturated rings. The Morgan fingerprint density at radius 1 is 1.40 bits per heavy atom. The molecule has 20 heavy (non-hydrogen) atoms. The van der Waals surface area contributed by atoms with Gasteiger partial charge in [0.05, 0.1) is 11.6 Å². The summed E-state index contributed by atoms with van der Waals surface area (Å²) in [6, 6.07) is 3.69. The zero-order valence-electron chi connectivity index (χ0n) is 10.3. The number of nitrogens with two attached hydrogens (primary N) is 2. The number of benzene rings is 1. The van der Waals surface area contributed by atoms with Gasteiger partial charge in [-0.1, -0.05) is 0 Å². The number of hydrogen-bond donors (Lipinski definition) is 3. The molecule has 8 nitrogen and oxygen atoms in total. The molecule has 2 amide bonds. The van der Waals surface area contributed by atoms with Crippen molar-refractivity contribution in [3.63, 3.8) is 0 Å². The number of hydrogen-bond acceptors (Lipinski definition) is 5. The van der Waals surface area contributed by atoms with Crippen LogP contribution in [0.4, 0.5) is 11.4 Å². The minimum absolute atomic E-state index is 0.00921. The molecule has 1 aliphatic heterocycles. The van der Waals surface area contributed by atoms with Gasteiger partial charge in [0.15, 0.2) is 0 Å². The summed E-state index contributed by atoms with van der Waals surface area (Å²) in [7, 11) is -4.41. The van der Waals surface area contributed by atoms with Gasteiger partial charge in [-0.2, -0.15) is 8.42 Å². The van der Waals surface area contributed by atoms with E-state index in [1.807, 2.05) is 0 Å². The summed E-state index contributed by atoms with van der Waals surface area (Å²) < 4.78 is 31.0. The van der Waals surface area contributed by atoms with Crippen molar-refractivity contribution in [3.8, 4) is 0 Å². The Morgan fingerprint density at radius 3 is 2.50 bits per heavy atom. The van der Waals surface area contributed by atoms with Crippen molar-refractivity contribution in [1.82, 2.24) is 0 Å². The third-order valence-corrected chi connectivity index (χ3v) is 4.04. The number of nitrogens with zero attached hydrogens (tertiary/aromatic N) is 1. The lowest BCUT2D eigenvalue weighted by Gasteiger charge is -2.17. The van der Waals surface area contributed by atoms with E-state index in [2.05, 4.69) is 0 Å².